The lowest BCUT2D eigenvalue weighted by Crippen LogP contribution is -2.44. The molecule has 2 aromatic rings. The van der Waals surface area contributed by atoms with Gasteiger partial charge in [-0.3, -0.25) is 0 Å². The summed E-state index contributed by atoms with van der Waals surface area (Å²) in [6, 6.07) is 8.04. The number of aromatic nitrogens is 3. The van der Waals surface area contributed by atoms with Crippen LogP contribution in [0.2, 0.25) is 0 Å². The fraction of sp³-hybridized carbons (Fsp3) is 0.471. The van der Waals surface area contributed by atoms with E-state index in [9.17, 15) is 4.79 Å². The number of hydrogen-bond donors (Lipinski definition) is 1. The highest BCUT2D eigenvalue weighted by Crippen LogP contribution is 2.21. The Balaban J connectivity index is 1.45. The third-order valence-corrected chi connectivity index (χ3v) is 4.46. The summed E-state index contributed by atoms with van der Waals surface area (Å²) in [5, 5.41) is 10.9. The van der Waals surface area contributed by atoms with E-state index in [0.29, 0.717) is 25.6 Å². The minimum atomic E-state index is -0.0359. The number of urea groups is 1. The number of rotatable bonds is 5. The van der Waals surface area contributed by atoms with E-state index in [4.69, 9.17) is 4.74 Å². The summed E-state index contributed by atoms with van der Waals surface area (Å²) >= 11 is 0. The van der Waals surface area contributed by atoms with E-state index < -0.39 is 0 Å². The fourth-order valence-corrected chi connectivity index (χ4v) is 2.85. The molecule has 1 N–H and O–H groups in total. The molecule has 0 radical (unpaired) electrons. The fourth-order valence-electron chi connectivity index (χ4n) is 2.85. The molecular weight excluding hydrogens is 306 g/mol. The van der Waals surface area contributed by atoms with Gasteiger partial charge in [-0.05, 0) is 30.0 Å². The van der Waals surface area contributed by atoms with E-state index in [-0.39, 0.29) is 6.03 Å². The van der Waals surface area contributed by atoms with Gasteiger partial charge in [0.1, 0.15) is 12.1 Å². The largest absolute Gasteiger partial charge is 0.497 e. The van der Waals surface area contributed by atoms with E-state index in [2.05, 4.69) is 34.6 Å². The predicted molar refractivity (Wildman–Crippen MR) is 89.9 cm³/mol. The maximum atomic E-state index is 12.3. The molecule has 0 bridgehead atoms. The third kappa shape index (κ3) is 3.67. The Bertz CT molecular complexity index is 683. The molecule has 7 heteroatoms. The number of carbonyl (C=O) groups is 1. The average Bonchev–Trinajstić information content (AvgIpc) is 3.09. The molecular formula is C17H23N5O2. The van der Waals surface area contributed by atoms with Crippen molar-refractivity contribution in [2.45, 2.75) is 32.4 Å². The van der Waals surface area contributed by atoms with E-state index in [1.807, 2.05) is 16.7 Å². The molecule has 3 rings (SSSR count). The smallest absolute Gasteiger partial charge is 0.317 e. The van der Waals surface area contributed by atoms with Crippen molar-refractivity contribution in [1.29, 1.82) is 0 Å². The van der Waals surface area contributed by atoms with Gasteiger partial charge in [-0.15, -0.1) is 10.2 Å². The maximum absolute atomic E-state index is 12.3. The highest BCUT2D eigenvalue weighted by molar-refractivity contribution is 5.74. The van der Waals surface area contributed by atoms with Crippen molar-refractivity contribution in [3.05, 3.63) is 42.0 Å². The number of hydrogen-bond acceptors (Lipinski definition) is 4. The van der Waals surface area contributed by atoms with Gasteiger partial charge in [0.25, 0.3) is 0 Å². The summed E-state index contributed by atoms with van der Waals surface area (Å²) in [4.78, 5) is 14.1. The lowest BCUT2D eigenvalue weighted by molar-refractivity contribution is 0.182. The monoisotopic (exact) mass is 329 g/mol. The molecule has 1 aromatic carbocycles. The summed E-state index contributed by atoms with van der Waals surface area (Å²) in [6.45, 7) is 4.76. The second-order valence-electron chi connectivity index (χ2n) is 6.06. The minimum absolute atomic E-state index is 0.0359. The molecule has 0 fully saturated rings. The number of nitrogens with zero attached hydrogens (tertiary/aromatic N) is 4. The first-order valence-corrected chi connectivity index (χ1v) is 8.21. The van der Waals surface area contributed by atoms with Crippen LogP contribution in [0.3, 0.4) is 0 Å². The third-order valence-electron chi connectivity index (χ3n) is 4.46. The van der Waals surface area contributed by atoms with Crippen LogP contribution in [0.5, 0.6) is 5.75 Å². The summed E-state index contributed by atoms with van der Waals surface area (Å²) in [6.07, 6.45) is 2.60. The van der Waals surface area contributed by atoms with Crippen LogP contribution < -0.4 is 10.1 Å². The first-order valence-electron chi connectivity index (χ1n) is 8.21. The van der Waals surface area contributed by atoms with Gasteiger partial charge in [-0.1, -0.05) is 19.1 Å². The summed E-state index contributed by atoms with van der Waals surface area (Å²) in [7, 11) is 1.66. The van der Waals surface area contributed by atoms with Crippen molar-refractivity contribution in [1.82, 2.24) is 25.0 Å². The average molecular weight is 329 g/mol. The van der Waals surface area contributed by atoms with Crippen LogP contribution >= 0.6 is 0 Å². The summed E-state index contributed by atoms with van der Waals surface area (Å²) < 4.78 is 7.16. The standard InChI is InChI=1S/C17H23N5O2/c1-13(14-3-5-15(24-2)6-4-14)7-8-18-17(23)21-9-10-22-12-19-20-16(22)11-21/h3-6,12-13H,7-11H2,1-2H3,(H,18,23). The molecule has 7 nitrogen and oxygen atoms in total. The van der Waals surface area contributed by atoms with Gasteiger partial charge in [-0.2, -0.15) is 0 Å². The van der Waals surface area contributed by atoms with Crippen molar-refractivity contribution in [3.8, 4) is 5.75 Å². The molecule has 128 valence electrons. The number of carbonyl (C=O) groups excluding carboxylic acids is 1. The molecule has 1 aromatic heterocycles. The predicted octanol–water partition coefficient (Wildman–Crippen LogP) is 2.01. The zero-order valence-electron chi connectivity index (χ0n) is 14.1. The van der Waals surface area contributed by atoms with Gasteiger partial charge in [0.2, 0.25) is 0 Å². The second kappa shape index (κ2) is 7.33. The molecule has 1 aliphatic rings. The number of methoxy groups -OCH3 is 1. The van der Waals surface area contributed by atoms with E-state index in [0.717, 1.165) is 24.5 Å². The van der Waals surface area contributed by atoms with E-state index in [1.54, 1.807) is 18.3 Å². The van der Waals surface area contributed by atoms with E-state index in [1.165, 1.54) is 5.56 Å². The number of nitrogens with one attached hydrogen (secondary N) is 1. The SMILES string of the molecule is COc1ccc(C(C)CCNC(=O)N2CCn3cnnc3C2)cc1. The number of ether oxygens (including phenoxy) is 1. The van der Waals surface area contributed by atoms with Crippen LogP contribution in [-0.4, -0.2) is 45.9 Å². The Kier molecular flexibility index (Phi) is 4.98. The van der Waals surface area contributed by atoms with Crippen molar-refractivity contribution in [3.63, 3.8) is 0 Å². The van der Waals surface area contributed by atoms with Crippen molar-refractivity contribution in [2.75, 3.05) is 20.2 Å². The van der Waals surface area contributed by atoms with Gasteiger partial charge in [0.05, 0.1) is 13.7 Å². The van der Waals surface area contributed by atoms with Gasteiger partial charge in [0.15, 0.2) is 5.82 Å². The van der Waals surface area contributed by atoms with Crippen LogP contribution in [0.1, 0.15) is 30.7 Å². The van der Waals surface area contributed by atoms with Crippen LogP contribution in [0.4, 0.5) is 4.79 Å². The Morgan fingerprint density at radius 2 is 2.12 bits per heavy atom. The number of amides is 2. The lowest BCUT2D eigenvalue weighted by atomic mass is 9.98. The Morgan fingerprint density at radius 1 is 1.33 bits per heavy atom. The zero-order valence-corrected chi connectivity index (χ0v) is 14.1. The molecule has 0 spiro atoms. The molecule has 1 atom stereocenters. The zero-order chi connectivity index (χ0) is 16.9. The molecule has 2 amide bonds. The second-order valence-corrected chi connectivity index (χ2v) is 6.06. The molecule has 1 unspecified atom stereocenters. The first kappa shape index (κ1) is 16.3. The molecule has 0 saturated carbocycles. The molecule has 1 aliphatic heterocycles. The normalized spacial score (nSPS) is 14.8. The van der Waals surface area contributed by atoms with Gasteiger partial charge in [0, 0.05) is 19.6 Å². The van der Waals surface area contributed by atoms with Gasteiger partial charge < -0.3 is 19.5 Å². The molecule has 24 heavy (non-hydrogen) atoms. The summed E-state index contributed by atoms with van der Waals surface area (Å²) in [5.74, 6) is 2.07. The van der Waals surface area contributed by atoms with Crippen LogP contribution in [0, 0.1) is 0 Å². The Hall–Kier alpha value is -2.57. The van der Waals surface area contributed by atoms with Crippen molar-refractivity contribution in [2.24, 2.45) is 0 Å². The highest BCUT2D eigenvalue weighted by atomic mass is 16.5. The molecule has 0 saturated heterocycles. The van der Waals surface area contributed by atoms with Gasteiger partial charge >= 0.3 is 6.03 Å². The first-order chi connectivity index (χ1) is 11.7. The minimum Gasteiger partial charge on any atom is -0.497 e. The highest BCUT2D eigenvalue weighted by Gasteiger charge is 2.21. The lowest BCUT2D eigenvalue weighted by Gasteiger charge is -2.27. The number of fused-ring (bicyclic) bond motifs is 1. The van der Waals surface area contributed by atoms with Crippen LogP contribution in [0.25, 0.3) is 0 Å². The Morgan fingerprint density at radius 3 is 2.88 bits per heavy atom. The number of benzene rings is 1. The van der Waals surface area contributed by atoms with Gasteiger partial charge in [-0.25, -0.2) is 4.79 Å². The van der Waals surface area contributed by atoms with Crippen molar-refractivity contribution >= 4 is 6.03 Å². The molecule has 0 aliphatic carbocycles. The van der Waals surface area contributed by atoms with Crippen LogP contribution in [-0.2, 0) is 13.1 Å². The Labute approximate surface area is 141 Å². The topological polar surface area (TPSA) is 72.3 Å². The van der Waals surface area contributed by atoms with Crippen molar-refractivity contribution < 1.29 is 9.53 Å². The maximum Gasteiger partial charge on any atom is 0.317 e. The van der Waals surface area contributed by atoms with Crippen LogP contribution in [0.15, 0.2) is 30.6 Å². The quantitative estimate of drug-likeness (QED) is 0.911. The van der Waals surface area contributed by atoms with E-state index >= 15 is 0 Å². The summed E-state index contributed by atoms with van der Waals surface area (Å²) in [5.41, 5.74) is 1.25. The molecule has 2 heterocycles.